The first-order chi connectivity index (χ1) is 11.2. The molecular weight excluding hydrogens is 344 g/mol. The molecule has 0 saturated heterocycles. The molecule has 2 aromatic rings. The van der Waals surface area contributed by atoms with Gasteiger partial charge in [0, 0.05) is 11.5 Å². The van der Waals surface area contributed by atoms with Gasteiger partial charge in [0.25, 0.3) is 0 Å². The average molecular weight is 351 g/mol. The van der Waals surface area contributed by atoms with Crippen LogP contribution in [-0.4, -0.2) is 21.5 Å². The second-order valence-corrected chi connectivity index (χ2v) is 4.45. The number of halogens is 7. The highest BCUT2D eigenvalue weighted by molar-refractivity contribution is 6.68. The Kier molecular flexibility index (Phi) is 4.95. The monoisotopic (exact) mass is 351 g/mol. The second kappa shape index (κ2) is 6.62. The minimum atomic E-state index is -2.10. The molecule has 0 atom stereocenters. The first kappa shape index (κ1) is 18.0. The summed E-state index contributed by atoms with van der Waals surface area (Å²) in [6, 6.07) is 0.157. The van der Waals surface area contributed by atoms with Crippen LogP contribution in [0.15, 0.2) is 6.07 Å². The molecule has 0 bridgehead atoms. The zero-order valence-corrected chi connectivity index (χ0v) is 12.1. The van der Waals surface area contributed by atoms with Gasteiger partial charge in [-0.1, -0.05) is 0 Å². The minimum Gasteiger partial charge on any atom is -0.494 e. The van der Waals surface area contributed by atoms with Gasteiger partial charge in [-0.3, -0.25) is 0 Å². The predicted molar refractivity (Wildman–Crippen MR) is 70.7 cm³/mol. The molecule has 0 unspecified atom stereocenters. The molecule has 2 nitrogen and oxygen atoms in total. The summed E-state index contributed by atoms with van der Waals surface area (Å²) >= 11 is 0. The van der Waals surface area contributed by atoms with Gasteiger partial charge in [-0.15, -0.1) is 0 Å². The van der Waals surface area contributed by atoms with Gasteiger partial charge in [-0.2, -0.15) is 4.39 Å². The molecule has 0 saturated carbocycles. The summed E-state index contributed by atoms with van der Waals surface area (Å²) in [6.45, 7) is 0. The first-order valence-electron chi connectivity index (χ1n) is 6.20. The molecule has 0 aromatic heterocycles. The van der Waals surface area contributed by atoms with Gasteiger partial charge < -0.3 is 9.47 Å². The van der Waals surface area contributed by atoms with E-state index in [-0.39, 0.29) is 13.3 Å². The summed E-state index contributed by atoms with van der Waals surface area (Å²) in [5, 5.41) is 0. The Balaban J connectivity index is 2.72. The Morgan fingerprint density at radius 2 is 1.21 bits per heavy atom. The summed E-state index contributed by atoms with van der Waals surface area (Å²) in [6.07, 6.45) is 0. The lowest BCUT2D eigenvalue weighted by Crippen LogP contribution is -2.37. The number of hydrogen-bond acceptors (Lipinski definition) is 2. The van der Waals surface area contributed by atoms with E-state index in [1.807, 2.05) is 0 Å². The van der Waals surface area contributed by atoms with Crippen molar-refractivity contribution in [2.24, 2.45) is 0 Å². The third-order valence-corrected chi connectivity index (χ3v) is 3.12. The van der Waals surface area contributed by atoms with Gasteiger partial charge in [-0.05, 0) is 5.46 Å². The molecule has 0 heterocycles. The SMILES string of the molecule is COc1c(F)c(F)c(F)c([B]c2c(F)c(F)cc(F)c2OC)c1F. The molecule has 0 N–H and O–H groups in total. The topological polar surface area (TPSA) is 18.5 Å². The Hall–Kier alpha value is -2.39. The van der Waals surface area contributed by atoms with E-state index in [0.29, 0.717) is 0 Å². The van der Waals surface area contributed by atoms with Crippen LogP contribution in [0.1, 0.15) is 0 Å². The normalized spacial score (nSPS) is 10.7. The van der Waals surface area contributed by atoms with Crippen LogP contribution in [0.5, 0.6) is 11.5 Å². The van der Waals surface area contributed by atoms with Crippen LogP contribution in [0.4, 0.5) is 30.7 Å². The number of hydrogen-bond donors (Lipinski definition) is 0. The van der Waals surface area contributed by atoms with Gasteiger partial charge in [0.2, 0.25) is 13.1 Å². The van der Waals surface area contributed by atoms with Crippen molar-refractivity contribution in [3.8, 4) is 11.5 Å². The predicted octanol–water partition coefficient (Wildman–Crippen LogP) is 2.33. The van der Waals surface area contributed by atoms with Crippen molar-refractivity contribution in [1.82, 2.24) is 0 Å². The Morgan fingerprint density at radius 3 is 1.75 bits per heavy atom. The van der Waals surface area contributed by atoms with Crippen molar-refractivity contribution < 1.29 is 40.2 Å². The second-order valence-electron chi connectivity index (χ2n) is 4.45. The fraction of sp³-hybridized carbons (Fsp3) is 0.143. The van der Waals surface area contributed by atoms with E-state index in [0.717, 1.165) is 14.2 Å². The van der Waals surface area contributed by atoms with E-state index in [9.17, 15) is 30.7 Å². The van der Waals surface area contributed by atoms with Crippen LogP contribution >= 0.6 is 0 Å². The van der Waals surface area contributed by atoms with Crippen LogP contribution in [0.2, 0.25) is 0 Å². The summed E-state index contributed by atoms with van der Waals surface area (Å²) in [7, 11) is 1.92. The summed E-state index contributed by atoms with van der Waals surface area (Å²) in [4.78, 5) is 0. The van der Waals surface area contributed by atoms with Crippen molar-refractivity contribution in [2.45, 2.75) is 0 Å². The van der Waals surface area contributed by atoms with Crippen molar-refractivity contribution in [3.63, 3.8) is 0 Å². The Morgan fingerprint density at radius 1 is 0.625 bits per heavy atom. The van der Waals surface area contributed by atoms with Gasteiger partial charge >= 0.3 is 0 Å². The van der Waals surface area contributed by atoms with Crippen LogP contribution in [0.3, 0.4) is 0 Å². The molecule has 2 rings (SSSR count). The van der Waals surface area contributed by atoms with E-state index >= 15 is 0 Å². The lowest BCUT2D eigenvalue weighted by Gasteiger charge is -2.14. The molecule has 0 aliphatic rings. The number of methoxy groups -OCH3 is 2. The molecular formula is C14H7BF7O2. The van der Waals surface area contributed by atoms with Gasteiger partial charge in [-0.25, -0.2) is 26.3 Å². The zero-order chi connectivity index (χ0) is 18.2. The minimum absolute atomic E-state index is 0.157. The third-order valence-electron chi connectivity index (χ3n) is 3.12. The Bertz CT molecular complexity index is 811. The summed E-state index contributed by atoms with van der Waals surface area (Å²) in [5.41, 5.74) is -2.33. The van der Waals surface area contributed by atoms with Crippen LogP contribution in [0.25, 0.3) is 0 Å². The summed E-state index contributed by atoms with van der Waals surface area (Å²) < 4.78 is 104. The lowest BCUT2D eigenvalue weighted by atomic mass is 9.62. The molecule has 10 heteroatoms. The molecule has 0 spiro atoms. The smallest absolute Gasteiger partial charge is 0.208 e. The number of benzene rings is 2. The van der Waals surface area contributed by atoms with Crippen molar-refractivity contribution in [3.05, 3.63) is 46.8 Å². The quantitative estimate of drug-likeness (QED) is 0.364. The molecule has 0 amide bonds. The van der Waals surface area contributed by atoms with Crippen molar-refractivity contribution in [2.75, 3.05) is 14.2 Å². The maximum atomic E-state index is 14.1. The number of ether oxygens (including phenoxy) is 2. The van der Waals surface area contributed by atoms with Crippen molar-refractivity contribution >= 4 is 18.2 Å². The molecule has 0 aliphatic carbocycles. The lowest BCUT2D eigenvalue weighted by molar-refractivity contribution is 0.338. The first-order valence-corrected chi connectivity index (χ1v) is 6.20. The van der Waals surface area contributed by atoms with Crippen LogP contribution in [0, 0.1) is 40.7 Å². The Labute approximate surface area is 132 Å². The standard InChI is InChI=1S/C14H7BF7O2/c1-23-13-5(17)3-4(16)8(18)7(13)15-6-9(19)11(21)12(22)14(24-2)10(6)20/h3H,1-2H3. The maximum absolute atomic E-state index is 14.1. The fourth-order valence-corrected chi connectivity index (χ4v) is 2.01. The van der Waals surface area contributed by atoms with E-state index in [4.69, 9.17) is 0 Å². The van der Waals surface area contributed by atoms with E-state index in [1.165, 1.54) is 0 Å². The number of rotatable bonds is 4. The zero-order valence-electron chi connectivity index (χ0n) is 12.1. The molecule has 0 fully saturated rings. The van der Waals surface area contributed by atoms with Gasteiger partial charge in [0.1, 0.15) is 0 Å². The highest BCUT2D eigenvalue weighted by Crippen LogP contribution is 2.25. The fourth-order valence-electron chi connectivity index (χ4n) is 2.01. The van der Waals surface area contributed by atoms with Crippen LogP contribution in [-0.2, 0) is 0 Å². The molecule has 2 aromatic carbocycles. The average Bonchev–Trinajstić information content (AvgIpc) is 2.54. The van der Waals surface area contributed by atoms with Gasteiger partial charge in [0.15, 0.2) is 46.4 Å². The van der Waals surface area contributed by atoms with Crippen LogP contribution < -0.4 is 20.4 Å². The van der Waals surface area contributed by atoms with E-state index in [2.05, 4.69) is 9.47 Å². The molecule has 1 radical (unpaired) electrons. The van der Waals surface area contributed by atoms with Crippen molar-refractivity contribution in [1.29, 1.82) is 0 Å². The highest BCUT2D eigenvalue weighted by atomic mass is 19.2. The maximum Gasteiger partial charge on any atom is 0.208 e. The molecule has 24 heavy (non-hydrogen) atoms. The highest BCUT2D eigenvalue weighted by Gasteiger charge is 2.29. The van der Waals surface area contributed by atoms with E-state index < -0.39 is 63.1 Å². The van der Waals surface area contributed by atoms with Gasteiger partial charge in [0.05, 0.1) is 14.2 Å². The molecule has 127 valence electrons. The third kappa shape index (κ3) is 2.76. The summed E-state index contributed by atoms with van der Waals surface area (Å²) in [5.74, 6) is -14.7. The van der Waals surface area contributed by atoms with E-state index in [1.54, 1.807) is 0 Å². The largest absolute Gasteiger partial charge is 0.494 e. The molecule has 0 aliphatic heterocycles.